The van der Waals surface area contributed by atoms with Crippen molar-refractivity contribution in [2.75, 3.05) is 13.1 Å². The zero-order valence-corrected chi connectivity index (χ0v) is 12.7. The number of nitrogens with zero attached hydrogens (tertiary/aromatic N) is 1. The van der Waals surface area contributed by atoms with Gasteiger partial charge in [0.1, 0.15) is 5.82 Å². The third kappa shape index (κ3) is 2.13. The lowest BCUT2D eigenvalue weighted by molar-refractivity contribution is 0.628. The van der Waals surface area contributed by atoms with Crippen LogP contribution in [0.5, 0.6) is 0 Å². The largest absolute Gasteiger partial charge is 0.343 e. The fourth-order valence-electron chi connectivity index (χ4n) is 3.48. The lowest BCUT2D eigenvalue weighted by Gasteiger charge is -2.13. The van der Waals surface area contributed by atoms with Gasteiger partial charge in [-0.1, -0.05) is 24.3 Å². The Balaban J connectivity index is 2.02. The molecule has 0 spiro atoms. The molecule has 0 unspecified atom stereocenters. The molecular formula is C19H19FN2. The van der Waals surface area contributed by atoms with Gasteiger partial charge in [-0.15, -0.1) is 0 Å². The van der Waals surface area contributed by atoms with E-state index >= 15 is 0 Å². The van der Waals surface area contributed by atoms with Gasteiger partial charge in [0.2, 0.25) is 0 Å². The second kappa shape index (κ2) is 5.25. The van der Waals surface area contributed by atoms with Gasteiger partial charge in [-0.05, 0) is 36.2 Å². The van der Waals surface area contributed by atoms with Crippen molar-refractivity contribution >= 4 is 10.9 Å². The highest BCUT2D eigenvalue weighted by Crippen LogP contribution is 2.33. The molecule has 3 aromatic rings. The van der Waals surface area contributed by atoms with E-state index in [2.05, 4.69) is 34.1 Å². The number of aryl methyl sites for hydroxylation is 1. The molecule has 2 heterocycles. The van der Waals surface area contributed by atoms with E-state index in [1.54, 1.807) is 6.07 Å². The first-order chi connectivity index (χ1) is 10.7. The number of halogens is 1. The van der Waals surface area contributed by atoms with Crippen LogP contribution in [0.15, 0.2) is 42.5 Å². The minimum Gasteiger partial charge on any atom is -0.343 e. The van der Waals surface area contributed by atoms with Crippen molar-refractivity contribution in [3.8, 4) is 11.1 Å². The van der Waals surface area contributed by atoms with Gasteiger partial charge < -0.3 is 9.88 Å². The van der Waals surface area contributed by atoms with Crippen LogP contribution in [-0.4, -0.2) is 17.7 Å². The van der Waals surface area contributed by atoms with Crippen molar-refractivity contribution in [3.05, 3.63) is 59.5 Å². The maximum atomic E-state index is 13.7. The van der Waals surface area contributed by atoms with Gasteiger partial charge >= 0.3 is 0 Å². The molecule has 3 heteroatoms. The van der Waals surface area contributed by atoms with Gasteiger partial charge in [0.25, 0.3) is 0 Å². The molecule has 0 bridgehead atoms. The summed E-state index contributed by atoms with van der Waals surface area (Å²) in [7, 11) is 0. The molecule has 1 aromatic heterocycles. The van der Waals surface area contributed by atoms with Crippen LogP contribution in [-0.2, 0) is 13.0 Å². The van der Waals surface area contributed by atoms with E-state index in [4.69, 9.17) is 0 Å². The number of aromatic nitrogens is 1. The van der Waals surface area contributed by atoms with E-state index in [1.807, 2.05) is 13.0 Å². The molecule has 0 saturated carbocycles. The van der Waals surface area contributed by atoms with E-state index in [0.717, 1.165) is 42.7 Å². The molecule has 0 fully saturated rings. The summed E-state index contributed by atoms with van der Waals surface area (Å²) in [5.74, 6) is -0.179. The van der Waals surface area contributed by atoms with Crippen LogP contribution in [0.25, 0.3) is 22.0 Å². The Bertz CT molecular complexity index is 848. The van der Waals surface area contributed by atoms with Crippen molar-refractivity contribution in [3.63, 3.8) is 0 Å². The molecule has 2 nitrogen and oxygen atoms in total. The fourth-order valence-corrected chi connectivity index (χ4v) is 3.48. The smallest absolute Gasteiger partial charge is 0.123 e. The second-order valence-electron chi connectivity index (χ2n) is 5.99. The number of fused-ring (bicyclic) bond motifs is 3. The number of para-hydroxylation sites is 1. The van der Waals surface area contributed by atoms with Crippen LogP contribution in [0.4, 0.5) is 4.39 Å². The second-order valence-corrected chi connectivity index (χ2v) is 5.99. The molecule has 1 N–H and O–H groups in total. The van der Waals surface area contributed by atoms with Gasteiger partial charge in [0, 0.05) is 42.7 Å². The van der Waals surface area contributed by atoms with Gasteiger partial charge in [0.15, 0.2) is 0 Å². The molecule has 0 amide bonds. The monoisotopic (exact) mass is 294 g/mol. The lowest BCUT2D eigenvalue weighted by atomic mass is 9.98. The molecule has 1 aliphatic rings. The number of rotatable bonds is 1. The number of nitrogens with one attached hydrogen (secondary N) is 1. The maximum Gasteiger partial charge on any atom is 0.123 e. The number of hydrogen-bond donors (Lipinski definition) is 1. The van der Waals surface area contributed by atoms with Crippen LogP contribution < -0.4 is 5.32 Å². The van der Waals surface area contributed by atoms with Crippen molar-refractivity contribution in [2.24, 2.45) is 0 Å². The summed E-state index contributed by atoms with van der Waals surface area (Å²) in [6.45, 7) is 5.00. The van der Waals surface area contributed by atoms with Crippen molar-refractivity contribution < 1.29 is 4.39 Å². The molecule has 22 heavy (non-hydrogen) atoms. The van der Waals surface area contributed by atoms with Crippen LogP contribution in [0.3, 0.4) is 0 Å². The summed E-state index contributed by atoms with van der Waals surface area (Å²) in [5.41, 5.74) is 5.82. The van der Waals surface area contributed by atoms with Gasteiger partial charge in [-0.25, -0.2) is 4.39 Å². The summed E-state index contributed by atoms with van der Waals surface area (Å²) in [6.07, 6.45) is 1.04. The third-order valence-electron chi connectivity index (χ3n) is 4.57. The molecule has 4 rings (SSSR count). The molecule has 0 atom stereocenters. The first-order valence-electron chi connectivity index (χ1n) is 7.82. The Kier molecular flexibility index (Phi) is 3.23. The highest BCUT2D eigenvalue weighted by molar-refractivity contribution is 5.96. The third-order valence-corrected chi connectivity index (χ3v) is 4.57. The average molecular weight is 294 g/mol. The van der Waals surface area contributed by atoms with E-state index < -0.39 is 0 Å². The Hall–Kier alpha value is -2.13. The minimum absolute atomic E-state index is 0.179. The first kappa shape index (κ1) is 13.5. The van der Waals surface area contributed by atoms with Crippen LogP contribution >= 0.6 is 0 Å². The highest BCUT2D eigenvalue weighted by Gasteiger charge is 2.16. The molecule has 1 aliphatic heterocycles. The molecule has 2 aromatic carbocycles. The van der Waals surface area contributed by atoms with E-state index in [9.17, 15) is 4.39 Å². The zero-order chi connectivity index (χ0) is 15.1. The average Bonchev–Trinajstić information content (AvgIpc) is 2.72. The fraction of sp³-hybridized carbons (Fsp3) is 0.263. The van der Waals surface area contributed by atoms with Gasteiger partial charge in [-0.2, -0.15) is 0 Å². The minimum atomic E-state index is -0.179. The van der Waals surface area contributed by atoms with Gasteiger partial charge in [-0.3, -0.25) is 0 Å². The summed E-state index contributed by atoms with van der Waals surface area (Å²) in [6, 6.07) is 13.6. The Morgan fingerprint density at radius 3 is 2.86 bits per heavy atom. The summed E-state index contributed by atoms with van der Waals surface area (Å²) < 4.78 is 16.1. The van der Waals surface area contributed by atoms with Crippen LogP contribution in [0, 0.1) is 12.7 Å². The standard InChI is InChI=1S/C19H19FN2/c1-13-5-6-15(20)12-18(13)17-4-2-3-14-11-16-7-8-21-9-10-22(16)19(14)17/h2-6,11-12,21H,7-10H2,1H3. The predicted octanol–water partition coefficient (Wildman–Crippen LogP) is 3.90. The quantitative estimate of drug-likeness (QED) is 0.720. The summed E-state index contributed by atoms with van der Waals surface area (Å²) in [5, 5.41) is 4.69. The number of hydrogen-bond acceptors (Lipinski definition) is 1. The Labute approximate surface area is 129 Å². The first-order valence-corrected chi connectivity index (χ1v) is 7.82. The lowest BCUT2D eigenvalue weighted by Crippen LogP contribution is -2.17. The van der Waals surface area contributed by atoms with Crippen LogP contribution in [0.1, 0.15) is 11.3 Å². The number of benzene rings is 2. The molecule has 112 valence electrons. The Morgan fingerprint density at radius 2 is 1.95 bits per heavy atom. The molecule has 0 aliphatic carbocycles. The molecule has 0 saturated heterocycles. The van der Waals surface area contributed by atoms with Crippen molar-refractivity contribution in [2.45, 2.75) is 19.9 Å². The zero-order valence-electron chi connectivity index (χ0n) is 12.7. The highest BCUT2D eigenvalue weighted by atomic mass is 19.1. The normalized spacial score (nSPS) is 14.8. The molecule has 0 radical (unpaired) electrons. The van der Waals surface area contributed by atoms with Crippen molar-refractivity contribution in [1.82, 2.24) is 9.88 Å². The maximum absolute atomic E-state index is 13.7. The Morgan fingerprint density at radius 1 is 1.05 bits per heavy atom. The van der Waals surface area contributed by atoms with Gasteiger partial charge in [0.05, 0.1) is 5.52 Å². The van der Waals surface area contributed by atoms with Crippen molar-refractivity contribution in [1.29, 1.82) is 0 Å². The predicted molar refractivity (Wildman–Crippen MR) is 88.6 cm³/mol. The van der Waals surface area contributed by atoms with Crippen LogP contribution in [0.2, 0.25) is 0 Å². The van der Waals surface area contributed by atoms with E-state index in [1.165, 1.54) is 22.7 Å². The summed E-state index contributed by atoms with van der Waals surface area (Å²) in [4.78, 5) is 0. The molecular weight excluding hydrogens is 275 g/mol. The van der Waals surface area contributed by atoms with E-state index in [-0.39, 0.29) is 5.82 Å². The topological polar surface area (TPSA) is 17.0 Å². The SMILES string of the molecule is Cc1ccc(F)cc1-c1cccc2cc3n(c12)CCNCC3. The van der Waals surface area contributed by atoms with E-state index in [0.29, 0.717) is 0 Å². The summed E-state index contributed by atoms with van der Waals surface area (Å²) >= 11 is 0.